The largest absolute Gasteiger partial charge is 0.477 e. The van der Waals surface area contributed by atoms with Crippen LogP contribution in [-0.2, 0) is 16.4 Å². The highest BCUT2D eigenvalue weighted by Gasteiger charge is 2.35. The van der Waals surface area contributed by atoms with Gasteiger partial charge in [0.2, 0.25) is 10.0 Å². The molecule has 0 amide bonds. The zero-order valence-corrected chi connectivity index (χ0v) is 13.6. The van der Waals surface area contributed by atoms with E-state index in [4.69, 9.17) is 5.11 Å². The van der Waals surface area contributed by atoms with Gasteiger partial charge in [-0.3, -0.25) is 0 Å². The quantitative estimate of drug-likeness (QED) is 0.930. The van der Waals surface area contributed by atoms with Gasteiger partial charge in [0.05, 0.1) is 4.90 Å². The molecule has 1 aliphatic heterocycles. The standard InChI is InChI=1S/C13H13NO4S3/c1-8-10-3-5-19-11(10)2-4-14(8)21(17,18)9-6-12(13(15)16)20-7-9/h3,5-8H,2,4H2,1H3,(H,15,16). The van der Waals surface area contributed by atoms with Crippen LogP contribution in [0.2, 0.25) is 0 Å². The number of hydrogen-bond donors (Lipinski definition) is 1. The molecule has 0 bridgehead atoms. The molecule has 0 saturated heterocycles. The van der Waals surface area contributed by atoms with Gasteiger partial charge in [-0.25, -0.2) is 13.2 Å². The van der Waals surface area contributed by atoms with Gasteiger partial charge in [-0.05, 0) is 36.4 Å². The van der Waals surface area contributed by atoms with Crippen LogP contribution < -0.4 is 0 Å². The summed E-state index contributed by atoms with van der Waals surface area (Å²) in [5.41, 5.74) is 1.04. The number of hydrogen-bond acceptors (Lipinski definition) is 5. The van der Waals surface area contributed by atoms with E-state index in [9.17, 15) is 13.2 Å². The summed E-state index contributed by atoms with van der Waals surface area (Å²) in [6, 6.07) is 2.97. The molecule has 0 radical (unpaired) electrons. The third kappa shape index (κ3) is 2.42. The maximum atomic E-state index is 12.7. The van der Waals surface area contributed by atoms with Crippen molar-refractivity contribution < 1.29 is 18.3 Å². The molecule has 1 atom stereocenters. The third-order valence-corrected chi connectivity index (χ3v) is 7.63. The molecule has 0 fully saturated rings. The molecule has 2 aromatic heterocycles. The summed E-state index contributed by atoms with van der Waals surface area (Å²) in [6.07, 6.45) is 0.701. The Morgan fingerprint density at radius 2 is 2.19 bits per heavy atom. The molecule has 1 aliphatic rings. The molecule has 2 aromatic rings. The predicted octanol–water partition coefficient (Wildman–Crippen LogP) is 2.82. The number of sulfonamides is 1. The van der Waals surface area contributed by atoms with E-state index in [1.54, 1.807) is 11.3 Å². The van der Waals surface area contributed by atoms with Crippen LogP contribution in [-0.4, -0.2) is 30.3 Å². The van der Waals surface area contributed by atoms with Crippen LogP contribution in [0.1, 0.15) is 33.1 Å². The van der Waals surface area contributed by atoms with Crippen LogP contribution in [0.3, 0.4) is 0 Å². The number of nitrogens with zero attached hydrogens (tertiary/aromatic N) is 1. The van der Waals surface area contributed by atoms with Gasteiger partial charge in [-0.1, -0.05) is 0 Å². The number of thiophene rings is 2. The highest BCUT2D eigenvalue weighted by atomic mass is 32.2. The first kappa shape index (κ1) is 14.7. The Hall–Kier alpha value is -1.22. The Bertz CT molecular complexity index is 790. The summed E-state index contributed by atoms with van der Waals surface area (Å²) < 4.78 is 26.9. The van der Waals surface area contributed by atoms with Crippen molar-refractivity contribution in [1.29, 1.82) is 0 Å². The maximum absolute atomic E-state index is 12.7. The van der Waals surface area contributed by atoms with Crippen molar-refractivity contribution in [2.75, 3.05) is 6.54 Å². The fourth-order valence-electron chi connectivity index (χ4n) is 2.52. The number of rotatable bonds is 3. The maximum Gasteiger partial charge on any atom is 0.345 e. The Morgan fingerprint density at radius 1 is 1.43 bits per heavy atom. The van der Waals surface area contributed by atoms with E-state index in [2.05, 4.69) is 0 Å². The van der Waals surface area contributed by atoms with Crippen molar-refractivity contribution in [2.45, 2.75) is 24.3 Å². The average Bonchev–Trinajstić information content (AvgIpc) is 3.08. The Morgan fingerprint density at radius 3 is 2.86 bits per heavy atom. The molecular weight excluding hydrogens is 330 g/mol. The van der Waals surface area contributed by atoms with E-state index in [0.717, 1.165) is 16.9 Å². The Kier molecular flexibility index (Phi) is 3.64. The van der Waals surface area contributed by atoms with Crippen LogP contribution in [0.25, 0.3) is 0 Å². The van der Waals surface area contributed by atoms with E-state index in [0.29, 0.717) is 13.0 Å². The Labute approximate surface area is 130 Å². The Balaban J connectivity index is 1.97. The second-order valence-electron chi connectivity index (χ2n) is 4.79. The van der Waals surface area contributed by atoms with Crippen molar-refractivity contribution in [3.05, 3.63) is 38.2 Å². The zero-order chi connectivity index (χ0) is 15.2. The lowest BCUT2D eigenvalue weighted by atomic mass is 10.0. The number of carboxylic acids is 1. The van der Waals surface area contributed by atoms with E-state index in [1.165, 1.54) is 20.6 Å². The third-order valence-electron chi connectivity index (χ3n) is 3.61. The molecule has 0 aliphatic carbocycles. The molecule has 112 valence electrons. The van der Waals surface area contributed by atoms with E-state index < -0.39 is 16.0 Å². The molecule has 0 aromatic carbocycles. The van der Waals surface area contributed by atoms with Crippen molar-refractivity contribution in [3.63, 3.8) is 0 Å². The summed E-state index contributed by atoms with van der Waals surface area (Å²) in [7, 11) is -3.66. The summed E-state index contributed by atoms with van der Waals surface area (Å²) in [5.74, 6) is -1.10. The van der Waals surface area contributed by atoms with Crippen molar-refractivity contribution in [1.82, 2.24) is 4.31 Å². The van der Waals surface area contributed by atoms with Crippen LogP contribution >= 0.6 is 22.7 Å². The van der Waals surface area contributed by atoms with Gasteiger partial charge in [0.25, 0.3) is 0 Å². The van der Waals surface area contributed by atoms with Crippen LogP contribution in [0.4, 0.5) is 0 Å². The first-order valence-electron chi connectivity index (χ1n) is 6.31. The highest BCUT2D eigenvalue weighted by molar-refractivity contribution is 7.89. The minimum atomic E-state index is -3.66. The van der Waals surface area contributed by atoms with Crippen LogP contribution in [0.5, 0.6) is 0 Å². The van der Waals surface area contributed by atoms with Crippen LogP contribution in [0.15, 0.2) is 27.8 Å². The molecule has 5 nitrogen and oxygen atoms in total. The first-order valence-corrected chi connectivity index (χ1v) is 9.51. The summed E-state index contributed by atoms with van der Waals surface area (Å²) in [6.45, 7) is 2.29. The number of fused-ring (bicyclic) bond motifs is 1. The smallest absolute Gasteiger partial charge is 0.345 e. The minimum Gasteiger partial charge on any atom is -0.477 e. The minimum absolute atomic E-state index is 0.0365. The summed E-state index contributed by atoms with van der Waals surface area (Å²) >= 11 is 2.58. The molecule has 1 N–H and O–H groups in total. The van der Waals surface area contributed by atoms with Gasteiger partial charge in [0, 0.05) is 22.8 Å². The molecule has 3 heterocycles. The topological polar surface area (TPSA) is 74.7 Å². The summed E-state index contributed by atoms with van der Waals surface area (Å²) in [4.78, 5) is 12.2. The van der Waals surface area contributed by atoms with Gasteiger partial charge in [-0.2, -0.15) is 4.31 Å². The second kappa shape index (κ2) is 5.20. The number of carbonyl (C=O) groups is 1. The first-order chi connectivity index (χ1) is 9.91. The molecule has 0 saturated carbocycles. The molecular formula is C13H13NO4S3. The lowest BCUT2D eigenvalue weighted by molar-refractivity contribution is 0.0702. The van der Waals surface area contributed by atoms with Gasteiger partial charge < -0.3 is 5.11 Å². The van der Waals surface area contributed by atoms with Gasteiger partial charge >= 0.3 is 5.97 Å². The fraction of sp³-hybridized carbons (Fsp3) is 0.308. The lowest BCUT2D eigenvalue weighted by Crippen LogP contribution is -2.38. The van der Waals surface area contributed by atoms with Gasteiger partial charge in [0.15, 0.2) is 0 Å². The number of aromatic carboxylic acids is 1. The van der Waals surface area contributed by atoms with Crippen LogP contribution in [0, 0.1) is 0 Å². The average molecular weight is 343 g/mol. The highest BCUT2D eigenvalue weighted by Crippen LogP contribution is 2.36. The number of carboxylic acid groups (broad SMARTS) is 1. The van der Waals surface area contributed by atoms with Crippen molar-refractivity contribution in [2.24, 2.45) is 0 Å². The zero-order valence-electron chi connectivity index (χ0n) is 11.1. The fourth-order valence-corrected chi connectivity index (χ4v) is 6.19. The molecule has 0 spiro atoms. The van der Waals surface area contributed by atoms with Crippen molar-refractivity contribution in [3.8, 4) is 0 Å². The van der Waals surface area contributed by atoms with Gasteiger partial charge in [-0.15, -0.1) is 22.7 Å². The molecule has 21 heavy (non-hydrogen) atoms. The lowest BCUT2D eigenvalue weighted by Gasteiger charge is -2.32. The molecule has 8 heteroatoms. The SMILES string of the molecule is CC1c2ccsc2CCN1S(=O)(=O)c1csc(C(=O)O)c1. The van der Waals surface area contributed by atoms with E-state index >= 15 is 0 Å². The van der Waals surface area contributed by atoms with E-state index in [1.807, 2.05) is 18.4 Å². The molecule has 3 rings (SSSR count). The summed E-state index contributed by atoms with van der Waals surface area (Å²) in [5, 5.41) is 12.3. The van der Waals surface area contributed by atoms with E-state index in [-0.39, 0.29) is 15.8 Å². The normalized spacial score (nSPS) is 19.4. The monoisotopic (exact) mass is 343 g/mol. The molecule has 1 unspecified atom stereocenters. The predicted molar refractivity (Wildman–Crippen MR) is 81.6 cm³/mol. The van der Waals surface area contributed by atoms with Gasteiger partial charge in [0.1, 0.15) is 4.88 Å². The second-order valence-corrected chi connectivity index (χ2v) is 8.60. The van der Waals surface area contributed by atoms with Crippen molar-refractivity contribution >= 4 is 38.7 Å².